The number of piperidine rings is 1. The Morgan fingerprint density at radius 3 is 2.41 bits per heavy atom. The van der Waals surface area contributed by atoms with Crippen molar-refractivity contribution in [3.05, 3.63) is 70.8 Å². The molecule has 1 N–H and O–H groups in total. The number of anilines is 2. The van der Waals surface area contributed by atoms with Crippen molar-refractivity contribution in [2.45, 2.75) is 59.6 Å². The van der Waals surface area contributed by atoms with Crippen LogP contribution >= 0.6 is 0 Å². The van der Waals surface area contributed by atoms with Crippen molar-refractivity contribution in [3.8, 4) is 5.75 Å². The van der Waals surface area contributed by atoms with E-state index in [1.807, 2.05) is 32.3 Å². The number of aromatic nitrogens is 3. The van der Waals surface area contributed by atoms with Crippen LogP contribution in [0.5, 0.6) is 5.75 Å². The zero-order valence-electron chi connectivity index (χ0n) is 19.6. The fourth-order valence-electron chi connectivity index (χ4n) is 4.07. The SMILES string of the molecule is CCc1cnc(N2CCC(Oc3ccc(CNc4ccc(C)nc4C)cc3C)CC2)nc1. The minimum Gasteiger partial charge on any atom is -0.490 e. The lowest BCUT2D eigenvalue weighted by atomic mass is 10.1. The van der Waals surface area contributed by atoms with E-state index >= 15 is 0 Å². The smallest absolute Gasteiger partial charge is 0.225 e. The van der Waals surface area contributed by atoms with E-state index in [0.29, 0.717) is 0 Å². The monoisotopic (exact) mass is 431 g/mol. The van der Waals surface area contributed by atoms with Gasteiger partial charge in [0.25, 0.3) is 0 Å². The van der Waals surface area contributed by atoms with Crippen LogP contribution < -0.4 is 15.0 Å². The first-order chi connectivity index (χ1) is 15.5. The van der Waals surface area contributed by atoms with Gasteiger partial charge in [-0.15, -0.1) is 0 Å². The maximum Gasteiger partial charge on any atom is 0.225 e. The fraction of sp³-hybridized carbons (Fsp3) is 0.423. The molecule has 0 bridgehead atoms. The maximum absolute atomic E-state index is 6.36. The summed E-state index contributed by atoms with van der Waals surface area (Å²) in [4.78, 5) is 15.8. The van der Waals surface area contributed by atoms with E-state index in [1.165, 1.54) is 16.7 Å². The molecular weight excluding hydrogens is 398 g/mol. The molecular formula is C26H33N5O. The van der Waals surface area contributed by atoms with Crippen LogP contribution in [0.4, 0.5) is 11.6 Å². The van der Waals surface area contributed by atoms with Gasteiger partial charge in [-0.2, -0.15) is 0 Å². The number of nitrogens with zero attached hydrogens (tertiary/aromatic N) is 4. The van der Waals surface area contributed by atoms with Gasteiger partial charge in [0.1, 0.15) is 11.9 Å². The topological polar surface area (TPSA) is 63.2 Å². The molecule has 168 valence electrons. The lowest BCUT2D eigenvalue weighted by Gasteiger charge is -2.32. The Kier molecular flexibility index (Phi) is 6.88. The highest BCUT2D eigenvalue weighted by atomic mass is 16.5. The molecule has 4 rings (SSSR count). The molecule has 0 spiro atoms. The van der Waals surface area contributed by atoms with Crippen LogP contribution in [0.15, 0.2) is 42.7 Å². The number of rotatable bonds is 7. The summed E-state index contributed by atoms with van der Waals surface area (Å²) in [6.07, 6.45) is 7.00. The molecule has 0 aliphatic carbocycles. The van der Waals surface area contributed by atoms with Gasteiger partial charge >= 0.3 is 0 Å². The summed E-state index contributed by atoms with van der Waals surface area (Å²) in [5.41, 5.74) is 6.72. The Morgan fingerprint density at radius 2 is 1.75 bits per heavy atom. The van der Waals surface area contributed by atoms with Crippen LogP contribution in [-0.4, -0.2) is 34.1 Å². The number of hydrogen-bond donors (Lipinski definition) is 1. The lowest BCUT2D eigenvalue weighted by Crippen LogP contribution is -2.39. The molecule has 0 unspecified atom stereocenters. The summed E-state index contributed by atoms with van der Waals surface area (Å²) in [5, 5.41) is 3.49. The molecule has 1 aromatic carbocycles. The number of ether oxygens (including phenoxy) is 1. The highest BCUT2D eigenvalue weighted by Gasteiger charge is 2.22. The minimum absolute atomic E-state index is 0.227. The van der Waals surface area contributed by atoms with Gasteiger partial charge in [-0.3, -0.25) is 4.98 Å². The van der Waals surface area contributed by atoms with Gasteiger partial charge in [0.05, 0.1) is 11.4 Å². The highest BCUT2D eigenvalue weighted by molar-refractivity contribution is 5.48. The molecule has 0 radical (unpaired) electrons. The number of pyridine rings is 1. The molecule has 0 amide bonds. The Bertz CT molecular complexity index is 1040. The van der Waals surface area contributed by atoms with E-state index < -0.39 is 0 Å². The van der Waals surface area contributed by atoms with Gasteiger partial charge in [-0.05, 0) is 62.1 Å². The second-order valence-corrected chi connectivity index (χ2v) is 8.59. The molecule has 32 heavy (non-hydrogen) atoms. The largest absolute Gasteiger partial charge is 0.490 e. The maximum atomic E-state index is 6.36. The van der Waals surface area contributed by atoms with Crippen molar-refractivity contribution >= 4 is 11.6 Å². The van der Waals surface area contributed by atoms with Crippen molar-refractivity contribution in [3.63, 3.8) is 0 Å². The number of aryl methyl sites for hydroxylation is 4. The van der Waals surface area contributed by atoms with Gasteiger partial charge in [0.15, 0.2) is 0 Å². The normalized spacial score (nSPS) is 14.4. The van der Waals surface area contributed by atoms with Gasteiger partial charge in [-0.25, -0.2) is 9.97 Å². The molecule has 1 aliphatic rings. The molecule has 3 aromatic rings. The number of benzene rings is 1. The van der Waals surface area contributed by atoms with Gasteiger partial charge < -0.3 is 15.0 Å². The fourth-order valence-corrected chi connectivity index (χ4v) is 4.07. The van der Waals surface area contributed by atoms with Crippen molar-refractivity contribution in [2.75, 3.05) is 23.3 Å². The third-order valence-electron chi connectivity index (χ3n) is 6.07. The van der Waals surface area contributed by atoms with Crippen LogP contribution in [-0.2, 0) is 13.0 Å². The average Bonchev–Trinajstić information content (AvgIpc) is 2.81. The van der Waals surface area contributed by atoms with Crippen LogP contribution in [0.1, 0.15) is 47.8 Å². The minimum atomic E-state index is 0.227. The van der Waals surface area contributed by atoms with E-state index in [0.717, 1.165) is 67.7 Å². The molecule has 0 saturated carbocycles. The zero-order valence-corrected chi connectivity index (χ0v) is 19.6. The quantitative estimate of drug-likeness (QED) is 0.567. The van der Waals surface area contributed by atoms with E-state index in [1.54, 1.807) is 0 Å². The zero-order chi connectivity index (χ0) is 22.5. The van der Waals surface area contributed by atoms with Crippen molar-refractivity contribution < 1.29 is 4.74 Å². The molecule has 0 atom stereocenters. The van der Waals surface area contributed by atoms with E-state index in [9.17, 15) is 0 Å². The summed E-state index contributed by atoms with van der Waals surface area (Å²) in [7, 11) is 0. The lowest BCUT2D eigenvalue weighted by molar-refractivity contribution is 0.169. The number of hydrogen-bond acceptors (Lipinski definition) is 6. The van der Waals surface area contributed by atoms with Crippen molar-refractivity contribution in [1.29, 1.82) is 0 Å². The Labute approximate surface area is 191 Å². The van der Waals surface area contributed by atoms with Crippen molar-refractivity contribution in [2.24, 2.45) is 0 Å². The van der Waals surface area contributed by atoms with Gasteiger partial charge in [0.2, 0.25) is 5.95 Å². The molecule has 1 fully saturated rings. The number of nitrogens with one attached hydrogen (secondary N) is 1. The predicted octanol–water partition coefficient (Wildman–Crippen LogP) is 5.02. The predicted molar refractivity (Wildman–Crippen MR) is 129 cm³/mol. The van der Waals surface area contributed by atoms with Crippen LogP contribution in [0.2, 0.25) is 0 Å². The van der Waals surface area contributed by atoms with Crippen LogP contribution in [0.25, 0.3) is 0 Å². The Balaban J connectivity index is 1.30. The molecule has 2 aromatic heterocycles. The van der Waals surface area contributed by atoms with E-state index in [2.05, 4.69) is 63.3 Å². The van der Waals surface area contributed by atoms with Crippen molar-refractivity contribution in [1.82, 2.24) is 15.0 Å². The van der Waals surface area contributed by atoms with Crippen LogP contribution in [0.3, 0.4) is 0 Å². The summed E-state index contributed by atoms with van der Waals surface area (Å²) in [5.74, 6) is 1.80. The summed E-state index contributed by atoms with van der Waals surface area (Å²) < 4.78 is 6.36. The Morgan fingerprint density at radius 1 is 1.00 bits per heavy atom. The highest BCUT2D eigenvalue weighted by Crippen LogP contribution is 2.25. The standard InChI is InChI=1S/C26H33N5O/c1-5-21-15-28-26(29-16-21)31-12-10-23(11-13-31)32-25-9-7-22(14-18(25)2)17-27-24-8-6-19(3)30-20(24)4/h6-9,14-16,23,27H,5,10-13,17H2,1-4H3. The molecule has 6 heteroatoms. The second kappa shape index (κ2) is 9.98. The first-order valence-electron chi connectivity index (χ1n) is 11.5. The first-order valence-corrected chi connectivity index (χ1v) is 11.5. The van der Waals surface area contributed by atoms with Crippen LogP contribution in [0, 0.1) is 20.8 Å². The third-order valence-corrected chi connectivity index (χ3v) is 6.07. The molecule has 3 heterocycles. The molecule has 6 nitrogen and oxygen atoms in total. The van der Waals surface area contributed by atoms with E-state index in [4.69, 9.17) is 4.74 Å². The van der Waals surface area contributed by atoms with Gasteiger partial charge in [0, 0.05) is 50.6 Å². The van der Waals surface area contributed by atoms with Gasteiger partial charge in [-0.1, -0.05) is 19.1 Å². The summed E-state index contributed by atoms with van der Waals surface area (Å²) in [6, 6.07) is 10.6. The first kappa shape index (κ1) is 22.1. The summed E-state index contributed by atoms with van der Waals surface area (Å²) >= 11 is 0. The third kappa shape index (κ3) is 5.36. The molecule has 1 aliphatic heterocycles. The summed E-state index contributed by atoms with van der Waals surface area (Å²) in [6.45, 7) is 10.9. The average molecular weight is 432 g/mol. The Hall–Kier alpha value is -3.15. The van der Waals surface area contributed by atoms with E-state index in [-0.39, 0.29) is 6.10 Å². The second-order valence-electron chi connectivity index (χ2n) is 8.59. The molecule has 1 saturated heterocycles.